The van der Waals surface area contributed by atoms with Crippen LogP contribution in [-0.2, 0) is 5.41 Å². The summed E-state index contributed by atoms with van der Waals surface area (Å²) < 4.78 is 12.4. The van der Waals surface area contributed by atoms with Gasteiger partial charge in [0.05, 0.1) is 18.6 Å². The van der Waals surface area contributed by atoms with Crippen LogP contribution in [-0.4, -0.2) is 24.9 Å². The van der Waals surface area contributed by atoms with E-state index in [1.54, 1.807) is 0 Å². The smallest absolute Gasteiger partial charge is 0.127 e. The third kappa shape index (κ3) is 5.00. The molecule has 45 heavy (non-hydrogen) atoms. The van der Waals surface area contributed by atoms with Gasteiger partial charge < -0.3 is 14.6 Å². The van der Waals surface area contributed by atoms with Crippen LogP contribution in [0.15, 0.2) is 146 Å². The van der Waals surface area contributed by atoms with E-state index < -0.39 is 5.41 Å². The zero-order valence-corrected chi connectivity index (χ0v) is 25.4. The van der Waals surface area contributed by atoms with Gasteiger partial charge in [-0.05, 0) is 75.2 Å². The van der Waals surface area contributed by atoms with Gasteiger partial charge >= 0.3 is 0 Å². The van der Waals surface area contributed by atoms with Crippen LogP contribution in [0.25, 0.3) is 33.4 Å². The van der Waals surface area contributed by atoms with Gasteiger partial charge in [-0.25, -0.2) is 0 Å². The number of ether oxygens (including phenoxy) is 2. The minimum absolute atomic E-state index is 0.0462. The van der Waals surface area contributed by atoms with E-state index in [-0.39, 0.29) is 13.2 Å². The Labute approximate surface area is 265 Å². The summed E-state index contributed by atoms with van der Waals surface area (Å²) in [4.78, 5) is 0. The molecule has 0 aromatic heterocycles. The number of benzene rings is 6. The predicted octanol–water partition coefficient (Wildman–Crippen LogP) is 9.54. The Balaban J connectivity index is 1.55. The zero-order valence-electron chi connectivity index (χ0n) is 25.4. The third-order valence-corrected chi connectivity index (χ3v) is 8.76. The normalized spacial score (nSPS) is 12.8. The quantitative estimate of drug-likeness (QED) is 0.173. The van der Waals surface area contributed by atoms with Crippen molar-refractivity contribution in [3.8, 4) is 44.9 Å². The standard InChI is InChI=1S/C42H36O3/c1-2-26-44-40-23-21-32(28-36(40)30-13-5-3-6-14-30)42(38-19-11-9-17-34(38)35-18-10-12-20-39(35)42)33-22-24-41(45-27-25-43)37(29-33)31-15-7-4-8-16-31/h3-24,28-29,43H,2,25-27H2,1H3. The topological polar surface area (TPSA) is 38.7 Å². The maximum Gasteiger partial charge on any atom is 0.127 e. The molecule has 0 aliphatic heterocycles. The Morgan fingerprint density at radius 3 is 1.40 bits per heavy atom. The van der Waals surface area contributed by atoms with Crippen molar-refractivity contribution in [2.75, 3.05) is 19.8 Å². The van der Waals surface area contributed by atoms with Crippen LogP contribution in [0.4, 0.5) is 0 Å². The van der Waals surface area contributed by atoms with E-state index >= 15 is 0 Å². The summed E-state index contributed by atoms with van der Waals surface area (Å²) in [5.74, 6) is 1.64. The number of rotatable bonds is 10. The van der Waals surface area contributed by atoms with Crippen LogP contribution in [0.3, 0.4) is 0 Å². The van der Waals surface area contributed by atoms with Crippen LogP contribution in [0.5, 0.6) is 11.5 Å². The van der Waals surface area contributed by atoms with Gasteiger partial charge in [-0.1, -0.05) is 128 Å². The van der Waals surface area contributed by atoms with Crippen molar-refractivity contribution in [3.63, 3.8) is 0 Å². The second-order valence-corrected chi connectivity index (χ2v) is 11.4. The van der Waals surface area contributed by atoms with Crippen LogP contribution < -0.4 is 9.47 Å². The summed E-state index contributed by atoms with van der Waals surface area (Å²) >= 11 is 0. The Morgan fingerprint density at radius 1 is 0.489 bits per heavy atom. The molecular weight excluding hydrogens is 552 g/mol. The molecule has 6 aromatic rings. The first kappa shape index (κ1) is 28.6. The van der Waals surface area contributed by atoms with Crippen LogP contribution in [0, 0.1) is 0 Å². The number of aliphatic hydroxyl groups is 1. The van der Waals surface area contributed by atoms with Crippen molar-refractivity contribution in [1.29, 1.82) is 0 Å². The summed E-state index contributed by atoms with van der Waals surface area (Å²) in [6.07, 6.45) is 0.938. The van der Waals surface area contributed by atoms with Gasteiger partial charge in [0.25, 0.3) is 0 Å². The van der Waals surface area contributed by atoms with Crippen LogP contribution in [0.1, 0.15) is 35.6 Å². The van der Waals surface area contributed by atoms with Crippen LogP contribution in [0.2, 0.25) is 0 Å². The third-order valence-electron chi connectivity index (χ3n) is 8.76. The Hall–Kier alpha value is -5.12. The first-order chi connectivity index (χ1) is 22.3. The number of hydrogen-bond acceptors (Lipinski definition) is 3. The predicted molar refractivity (Wildman–Crippen MR) is 183 cm³/mol. The molecule has 0 amide bonds. The average Bonchev–Trinajstić information content (AvgIpc) is 3.41. The highest BCUT2D eigenvalue weighted by atomic mass is 16.5. The maximum atomic E-state index is 9.59. The summed E-state index contributed by atoms with van der Waals surface area (Å²) in [7, 11) is 0. The van der Waals surface area contributed by atoms with Crippen molar-refractivity contribution in [2.45, 2.75) is 18.8 Å². The van der Waals surface area contributed by atoms with E-state index in [4.69, 9.17) is 9.47 Å². The monoisotopic (exact) mass is 588 g/mol. The number of aliphatic hydroxyl groups excluding tert-OH is 1. The molecule has 0 spiro atoms. The first-order valence-corrected chi connectivity index (χ1v) is 15.7. The molecule has 1 aliphatic carbocycles. The summed E-state index contributed by atoms with van der Waals surface area (Å²) in [6, 6.07) is 51.7. The van der Waals surface area contributed by atoms with Gasteiger partial charge in [0, 0.05) is 11.1 Å². The fourth-order valence-electron chi connectivity index (χ4n) is 6.86. The van der Waals surface area contributed by atoms with Crippen LogP contribution >= 0.6 is 0 Å². The van der Waals surface area contributed by atoms with E-state index in [2.05, 4.69) is 146 Å². The molecule has 0 heterocycles. The molecule has 1 N–H and O–H groups in total. The highest BCUT2D eigenvalue weighted by Crippen LogP contribution is 2.57. The lowest BCUT2D eigenvalue weighted by Crippen LogP contribution is -2.29. The SMILES string of the molecule is CCCOc1ccc(C2(c3ccc(OCCO)c(-c4ccccc4)c3)c3ccccc3-c3ccccc32)cc1-c1ccccc1. The Morgan fingerprint density at radius 2 is 0.933 bits per heavy atom. The summed E-state index contributed by atoms with van der Waals surface area (Å²) in [5, 5.41) is 9.59. The fourth-order valence-corrected chi connectivity index (χ4v) is 6.86. The molecule has 0 fully saturated rings. The van der Waals surface area contributed by atoms with E-state index in [0.717, 1.165) is 45.7 Å². The van der Waals surface area contributed by atoms with Gasteiger partial charge in [-0.15, -0.1) is 0 Å². The van der Waals surface area contributed by atoms with Gasteiger partial charge in [0.1, 0.15) is 18.1 Å². The Kier molecular flexibility index (Phi) is 7.94. The Bertz CT molecular complexity index is 1790. The molecule has 222 valence electrons. The maximum absolute atomic E-state index is 9.59. The van der Waals surface area contributed by atoms with Gasteiger partial charge in [0.15, 0.2) is 0 Å². The first-order valence-electron chi connectivity index (χ1n) is 15.7. The molecule has 7 rings (SSSR count). The van der Waals surface area contributed by atoms with Gasteiger partial charge in [-0.3, -0.25) is 0 Å². The molecule has 3 heteroatoms. The molecule has 6 aromatic carbocycles. The highest BCUT2D eigenvalue weighted by molar-refractivity contribution is 5.88. The van der Waals surface area contributed by atoms with E-state index in [1.165, 1.54) is 27.8 Å². The fraction of sp³-hybridized carbons (Fsp3) is 0.143. The minimum Gasteiger partial charge on any atom is -0.493 e. The van der Waals surface area contributed by atoms with Gasteiger partial charge in [0.2, 0.25) is 0 Å². The second-order valence-electron chi connectivity index (χ2n) is 11.4. The van der Waals surface area contributed by atoms with E-state index in [0.29, 0.717) is 6.61 Å². The average molecular weight is 589 g/mol. The van der Waals surface area contributed by atoms with Crippen molar-refractivity contribution in [2.24, 2.45) is 0 Å². The molecule has 0 bridgehead atoms. The molecule has 0 radical (unpaired) electrons. The van der Waals surface area contributed by atoms with E-state index in [9.17, 15) is 5.11 Å². The number of fused-ring (bicyclic) bond motifs is 3. The largest absolute Gasteiger partial charge is 0.493 e. The molecule has 0 saturated heterocycles. The molecule has 0 saturated carbocycles. The molecule has 0 atom stereocenters. The van der Waals surface area contributed by atoms with Crippen molar-refractivity contribution in [3.05, 3.63) is 168 Å². The lowest BCUT2D eigenvalue weighted by atomic mass is 9.67. The summed E-state index contributed by atoms with van der Waals surface area (Å²) in [6.45, 7) is 2.98. The van der Waals surface area contributed by atoms with Gasteiger partial charge in [-0.2, -0.15) is 0 Å². The van der Waals surface area contributed by atoms with E-state index in [1.807, 2.05) is 6.07 Å². The summed E-state index contributed by atoms with van der Waals surface area (Å²) in [5.41, 5.74) is 11.0. The van der Waals surface area contributed by atoms with Crippen molar-refractivity contribution < 1.29 is 14.6 Å². The minimum atomic E-state index is -0.598. The molecule has 0 unspecified atom stereocenters. The van der Waals surface area contributed by atoms with Crippen molar-refractivity contribution in [1.82, 2.24) is 0 Å². The lowest BCUT2D eigenvalue weighted by Gasteiger charge is -2.35. The lowest BCUT2D eigenvalue weighted by molar-refractivity contribution is 0.202. The molecule has 3 nitrogen and oxygen atoms in total. The highest BCUT2D eigenvalue weighted by Gasteiger charge is 2.46. The second kappa shape index (κ2) is 12.5. The molecular formula is C42H36O3. The number of hydrogen-bond donors (Lipinski definition) is 1. The molecule has 1 aliphatic rings. The zero-order chi connectivity index (χ0) is 30.6. The van der Waals surface area contributed by atoms with Crippen molar-refractivity contribution >= 4 is 0 Å².